The van der Waals surface area contributed by atoms with E-state index in [2.05, 4.69) is 10.1 Å². The zero-order chi connectivity index (χ0) is 18.4. The van der Waals surface area contributed by atoms with E-state index in [1.165, 1.54) is 29.2 Å². The molecule has 0 aliphatic heterocycles. The third-order valence-corrected chi connectivity index (χ3v) is 3.38. The van der Waals surface area contributed by atoms with Crippen LogP contribution in [0.15, 0.2) is 48.5 Å². The van der Waals surface area contributed by atoms with Gasteiger partial charge in [0.25, 0.3) is 11.8 Å². The summed E-state index contributed by atoms with van der Waals surface area (Å²) in [7, 11) is 3.34. The number of alkyl halides is 2. The van der Waals surface area contributed by atoms with Crippen LogP contribution in [-0.4, -0.2) is 37.4 Å². The van der Waals surface area contributed by atoms with Crippen molar-refractivity contribution in [2.75, 3.05) is 14.1 Å². The second-order valence-corrected chi connectivity index (χ2v) is 5.49. The zero-order valence-corrected chi connectivity index (χ0v) is 13.8. The van der Waals surface area contributed by atoms with E-state index < -0.39 is 12.5 Å². The van der Waals surface area contributed by atoms with E-state index in [1.54, 1.807) is 38.4 Å². The number of amides is 2. The van der Waals surface area contributed by atoms with Crippen LogP contribution in [0.25, 0.3) is 0 Å². The van der Waals surface area contributed by atoms with Gasteiger partial charge in [-0.1, -0.05) is 18.2 Å². The highest BCUT2D eigenvalue weighted by atomic mass is 19.3. The van der Waals surface area contributed by atoms with Crippen LogP contribution in [0.4, 0.5) is 8.78 Å². The second kappa shape index (κ2) is 8.23. The molecule has 0 aliphatic carbocycles. The molecule has 2 aromatic carbocycles. The predicted octanol–water partition coefficient (Wildman–Crippen LogP) is 2.92. The standard InChI is InChI=1S/C18H18F2N2O3/c1-22(2)17(24)13-8-6-12(7-9-13)11-21-16(23)14-4-3-5-15(10-14)25-18(19)20/h3-10,18H,11H2,1-2H3,(H,21,23). The zero-order valence-electron chi connectivity index (χ0n) is 13.8. The molecular formula is C18H18F2N2O3. The first-order valence-electron chi connectivity index (χ1n) is 7.50. The molecule has 0 fully saturated rings. The van der Waals surface area contributed by atoms with Gasteiger partial charge >= 0.3 is 6.61 Å². The van der Waals surface area contributed by atoms with Crippen molar-refractivity contribution in [3.63, 3.8) is 0 Å². The van der Waals surface area contributed by atoms with Gasteiger partial charge in [-0.2, -0.15) is 8.78 Å². The monoisotopic (exact) mass is 348 g/mol. The summed E-state index contributed by atoms with van der Waals surface area (Å²) in [4.78, 5) is 25.4. The van der Waals surface area contributed by atoms with Crippen LogP contribution >= 0.6 is 0 Å². The van der Waals surface area contributed by atoms with Crippen molar-refractivity contribution in [3.8, 4) is 5.75 Å². The lowest BCUT2D eigenvalue weighted by Crippen LogP contribution is -2.23. The van der Waals surface area contributed by atoms with Crippen molar-refractivity contribution in [2.45, 2.75) is 13.2 Å². The highest BCUT2D eigenvalue weighted by Gasteiger charge is 2.10. The maximum absolute atomic E-state index is 12.2. The van der Waals surface area contributed by atoms with Crippen LogP contribution in [0.5, 0.6) is 5.75 Å². The number of hydrogen-bond donors (Lipinski definition) is 1. The Labute approximate surface area is 144 Å². The Balaban J connectivity index is 1.97. The van der Waals surface area contributed by atoms with E-state index in [4.69, 9.17) is 0 Å². The quantitative estimate of drug-likeness (QED) is 0.873. The lowest BCUT2D eigenvalue weighted by Gasteiger charge is -2.11. The van der Waals surface area contributed by atoms with Crippen LogP contribution in [0, 0.1) is 0 Å². The molecule has 0 radical (unpaired) electrons. The SMILES string of the molecule is CN(C)C(=O)c1ccc(CNC(=O)c2cccc(OC(F)F)c2)cc1. The summed E-state index contributed by atoms with van der Waals surface area (Å²) in [5.41, 5.74) is 1.58. The van der Waals surface area contributed by atoms with Gasteiger partial charge in [-0.05, 0) is 35.9 Å². The van der Waals surface area contributed by atoms with Gasteiger partial charge in [0.15, 0.2) is 0 Å². The molecule has 0 spiro atoms. The van der Waals surface area contributed by atoms with Gasteiger partial charge < -0.3 is 15.0 Å². The average Bonchev–Trinajstić information content (AvgIpc) is 2.59. The molecule has 2 rings (SSSR count). The predicted molar refractivity (Wildman–Crippen MR) is 88.7 cm³/mol. The van der Waals surface area contributed by atoms with E-state index in [-0.39, 0.29) is 23.8 Å². The Morgan fingerprint density at radius 3 is 2.36 bits per heavy atom. The molecule has 0 saturated heterocycles. The molecule has 7 heteroatoms. The molecule has 1 N–H and O–H groups in total. The first kappa shape index (κ1) is 18.4. The molecular weight excluding hydrogens is 330 g/mol. The minimum Gasteiger partial charge on any atom is -0.435 e. The lowest BCUT2D eigenvalue weighted by atomic mass is 10.1. The molecule has 0 aliphatic rings. The minimum atomic E-state index is -2.94. The van der Waals surface area contributed by atoms with Gasteiger partial charge in [0.05, 0.1) is 0 Å². The molecule has 2 amide bonds. The van der Waals surface area contributed by atoms with Crippen molar-refractivity contribution < 1.29 is 23.1 Å². The van der Waals surface area contributed by atoms with Crippen molar-refractivity contribution in [3.05, 3.63) is 65.2 Å². The largest absolute Gasteiger partial charge is 0.435 e. The minimum absolute atomic E-state index is 0.0748. The number of halogens is 2. The highest BCUT2D eigenvalue weighted by Crippen LogP contribution is 2.16. The van der Waals surface area contributed by atoms with Crippen molar-refractivity contribution in [1.29, 1.82) is 0 Å². The summed E-state index contributed by atoms with van der Waals surface area (Å²) in [6.07, 6.45) is 0. The average molecular weight is 348 g/mol. The molecule has 132 valence electrons. The first-order valence-corrected chi connectivity index (χ1v) is 7.50. The summed E-state index contributed by atoms with van der Waals surface area (Å²) in [6, 6.07) is 12.4. The molecule has 2 aromatic rings. The third-order valence-electron chi connectivity index (χ3n) is 3.38. The Bertz CT molecular complexity index is 746. The number of nitrogens with zero attached hydrogens (tertiary/aromatic N) is 1. The molecule has 0 heterocycles. The van der Waals surface area contributed by atoms with E-state index in [1.807, 2.05) is 0 Å². The van der Waals surface area contributed by atoms with E-state index in [9.17, 15) is 18.4 Å². The fourth-order valence-corrected chi connectivity index (χ4v) is 2.12. The highest BCUT2D eigenvalue weighted by molar-refractivity contribution is 5.95. The van der Waals surface area contributed by atoms with Gasteiger partial charge in [0.1, 0.15) is 5.75 Å². The summed E-state index contributed by atoms with van der Waals surface area (Å²) in [5.74, 6) is -0.589. The van der Waals surface area contributed by atoms with Crippen LogP contribution in [0.2, 0.25) is 0 Å². The molecule has 0 saturated carbocycles. The summed E-state index contributed by atoms with van der Waals surface area (Å²) in [5, 5.41) is 2.69. The molecule has 0 unspecified atom stereocenters. The molecule has 5 nitrogen and oxygen atoms in total. The fraction of sp³-hybridized carbons (Fsp3) is 0.222. The van der Waals surface area contributed by atoms with E-state index in [0.29, 0.717) is 5.56 Å². The first-order chi connectivity index (χ1) is 11.9. The lowest BCUT2D eigenvalue weighted by molar-refractivity contribution is -0.0498. The molecule has 0 aromatic heterocycles. The Morgan fingerprint density at radius 2 is 1.76 bits per heavy atom. The van der Waals surface area contributed by atoms with Crippen LogP contribution in [0.3, 0.4) is 0 Å². The molecule has 25 heavy (non-hydrogen) atoms. The summed E-state index contributed by atoms with van der Waals surface area (Å²) >= 11 is 0. The number of nitrogens with one attached hydrogen (secondary N) is 1. The van der Waals surface area contributed by atoms with Crippen molar-refractivity contribution in [2.24, 2.45) is 0 Å². The topological polar surface area (TPSA) is 58.6 Å². The van der Waals surface area contributed by atoms with Gasteiger partial charge in [-0.25, -0.2) is 0 Å². The Morgan fingerprint density at radius 1 is 1.08 bits per heavy atom. The number of benzene rings is 2. The van der Waals surface area contributed by atoms with Crippen molar-refractivity contribution in [1.82, 2.24) is 10.2 Å². The van der Waals surface area contributed by atoms with Crippen LogP contribution in [-0.2, 0) is 6.54 Å². The second-order valence-electron chi connectivity index (χ2n) is 5.49. The van der Waals surface area contributed by atoms with Gasteiger partial charge in [0, 0.05) is 31.8 Å². The number of carbonyl (C=O) groups is 2. The Kier molecular flexibility index (Phi) is 6.05. The maximum Gasteiger partial charge on any atom is 0.387 e. The number of ether oxygens (including phenoxy) is 1. The van der Waals surface area contributed by atoms with Crippen molar-refractivity contribution >= 4 is 11.8 Å². The van der Waals surface area contributed by atoms with E-state index >= 15 is 0 Å². The number of hydrogen-bond acceptors (Lipinski definition) is 3. The van der Waals surface area contributed by atoms with Gasteiger partial charge in [-0.15, -0.1) is 0 Å². The fourth-order valence-electron chi connectivity index (χ4n) is 2.12. The van der Waals surface area contributed by atoms with Gasteiger partial charge in [-0.3, -0.25) is 9.59 Å². The van der Waals surface area contributed by atoms with Gasteiger partial charge in [0.2, 0.25) is 0 Å². The summed E-state index contributed by atoms with van der Waals surface area (Å²) < 4.78 is 28.7. The maximum atomic E-state index is 12.2. The molecule has 0 bridgehead atoms. The number of carbonyl (C=O) groups excluding carboxylic acids is 2. The Hall–Kier alpha value is -2.96. The number of rotatable bonds is 6. The van der Waals surface area contributed by atoms with Crippen LogP contribution < -0.4 is 10.1 Å². The van der Waals surface area contributed by atoms with E-state index in [0.717, 1.165) is 5.56 Å². The van der Waals surface area contributed by atoms with Crippen LogP contribution in [0.1, 0.15) is 26.3 Å². The normalized spacial score (nSPS) is 10.4. The third kappa shape index (κ3) is 5.27. The smallest absolute Gasteiger partial charge is 0.387 e. The summed E-state index contributed by atoms with van der Waals surface area (Å²) in [6.45, 7) is -2.70. The molecule has 0 atom stereocenters.